The lowest BCUT2D eigenvalue weighted by Gasteiger charge is -2.04. The molecule has 1 N–H and O–H groups in total. The zero-order valence-corrected chi connectivity index (χ0v) is 14.3. The van der Waals surface area contributed by atoms with Gasteiger partial charge in [0.2, 0.25) is 5.91 Å². The maximum absolute atomic E-state index is 11.9. The number of thioether (sulfide) groups is 1. The van der Waals surface area contributed by atoms with Crippen LogP contribution in [0.25, 0.3) is 11.1 Å². The number of aromatic nitrogens is 1. The quantitative estimate of drug-likeness (QED) is 0.631. The summed E-state index contributed by atoms with van der Waals surface area (Å²) < 4.78 is 6.46. The number of fused-ring (bicyclic) bond motifs is 1. The smallest absolute Gasteiger partial charge is 0.257 e. The number of carbonyl (C=O) groups is 1. The molecule has 0 spiro atoms. The largest absolute Gasteiger partial charge is 0.431 e. The molecule has 0 radical (unpaired) electrons. The molecule has 0 bridgehead atoms. The molecule has 3 aromatic rings. The second kappa shape index (κ2) is 6.73. The van der Waals surface area contributed by atoms with E-state index in [2.05, 4.69) is 26.2 Å². The van der Waals surface area contributed by atoms with Crippen LogP contribution in [-0.4, -0.2) is 16.6 Å². The maximum Gasteiger partial charge on any atom is 0.257 e. The van der Waals surface area contributed by atoms with Gasteiger partial charge >= 0.3 is 0 Å². The Morgan fingerprint density at radius 2 is 2.18 bits per heavy atom. The third kappa shape index (κ3) is 3.82. The Morgan fingerprint density at radius 3 is 3.00 bits per heavy atom. The van der Waals surface area contributed by atoms with Crippen molar-refractivity contribution in [2.24, 2.45) is 0 Å². The summed E-state index contributed by atoms with van der Waals surface area (Å²) in [4.78, 5) is 16.2. The minimum Gasteiger partial charge on any atom is -0.431 e. The van der Waals surface area contributed by atoms with E-state index in [1.54, 1.807) is 18.2 Å². The van der Waals surface area contributed by atoms with Gasteiger partial charge in [-0.2, -0.15) is 0 Å². The van der Waals surface area contributed by atoms with Crippen molar-refractivity contribution in [2.75, 3.05) is 11.1 Å². The number of nitrogens with one attached hydrogen (secondary N) is 1. The fraction of sp³-hybridized carbons (Fsp3) is 0.0667. The van der Waals surface area contributed by atoms with Crippen molar-refractivity contribution in [1.82, 2.24) is 4.98 Å². The number of carbonyl (C=O) groups excluding carboxylic acids is 1. The predicted octanol–water partition coefficient (Wildman–Crippen LogP) is 4.97. The van der Waals surface area contributed by atoms with Crippen LogP contribution in [0.15, 0.2) is 56.6 Å². The summed E-state index contributed by atoms with van der Waals surface area (Å²) in [7, 11) is 0. The normalized spacial score (nSPS) is 10.8. The summed E-state index contributed by atoms with van der Waals surface area (Å²) in [6.45, 7) is 0. The zero-order chi connectivity index (χ0) is 15.5. The standard InChI is InChI=1S/C15H10BrClN2O2S/c16-9-2-1-3-11(6-9)18-14(20)8-22-15-19-12-5-4-10(17)7-13(12)21-15/h1-7H,8H2,(H,18,20). The van der Waals surface area contributed by atoms with Crippen molar-refractivity contribution in [1.29, 1.82) is 0 Å². The highest BCUT2D eigenvalue weighted by Crippen LogP contribution is 2.25. The Hall–Kier alpha value is -1.50. The fourth-order valence-corrected chi connectivity index (χ4v) is 3.03. The summed E-state index contributed by atoms with van der Waals surface area (Å²) in [5.41, 5.74) is 2.08. The first-order valence-electron chi connectivity index (χ1n) is 6.34. The number of anilines is 1. The summed E-state index contributed by atoms with van der Waals surface area (Å²) in [6.07, 6.45) is 0. The van der Waals surface area contributed by atoms with Gasteiger partial charge in [-0.3, -0.25) is 4.79 Å². The highest BCUT2D eigenvalue weighted by atomic mass is 79.9. The lowest BCUT2D eigenvalue weighted by molar-refractivity contribution is -0.113. The van der Waals surface area contributed by atoms with Crippen LogP contribution in [0.1, 0.15) is 0 Å². The van der Waals surface area contributed by atoms with Crippen LogP contribution >= 0.6 is 39.3 Å². The number of benzene rings is 2. The molecule has 2 aromatic carbocycles. The van der Waals surface area contributed by atoms with Crippen molar-refractivity contribution in [3.63, 3.8) is 0 Å². The third-order valence-electron chi connectivity index (χ3n) is 2.77. The molecule has 0 aliphatic carbocycles. The molecular formula is C15H10BrClN2O2S. The second-order valence-electron chi connectivity index (χ2n) is 4.44. The summed E-state index contributed by atoms with van der Waals surface area (Å²) in [6, 6.07) is 12.7. The topological polar surface area (TPSA) is 55.1 Å². The predicted molar refractivity (Wildman–Crippen MR) is 92.5 cm³/mol. The van der Waals surface area contributed by atoms with Gasteiger partial charge in [0.1, 0.15) is 5.52 Å². The van der Waals surface area contributed by atoms with E-state index in [0.29, 0.717) is 15.8 Å². The van der Waals surface area contributed by atoms with E-state index >= 15 is 0 Å². The number of halogens is 2. The van der Waals surface area contributed by atoms with Gasteiger partial charge in [0, 0.05) is 21.2 Å². The molecule has 112 valence electrons. The highest BCUT2D eigenvalue weighted by Gasteiger charge is 2.10. The molecule has 7 heteroatoms. The number of amides is 1. The first-order valence-corrected chi connectivity index (χ1v) is 8.50. The van der Waals surface area contributed by atoms with E-state index < -0.39 is 0 Å². The fourth-order valence-electron chi connectivity index (χ4n) is 1.83. The Balaban J connectivity index is 1.62. The summed E-state index contributed by atoms with van der Waals surface area (Å²) in [5, 5.41) is 3.85. The second-order valence-corrected chi connectivity index (χ2v) is 6.72. The Morgan fingerprint density at radius 1 is 1.32 bits per heavy atom. The average molecular weight is 398 g/mol. The van der Waals surface area contributed by atoms with Gasteiger partial charge in [-0.1, -0.05) is 45.4 Å². The van der Waals surface area contributed by atoms with Gasteiger partial charge in [-0.05, 0) is 30.3 Å². The van der Waals surface area contributed by atoms with E-state index in [-0.39, 0.29) is 11.7 Å². The Bertz CT molecular complexity index is 837. The van der Waals surface area contributed by atoms with E-state index in [0.717, 1.165) is 15.7 Å². The Labute approximate surface area is 144 Å². The Kier molecular flexibility index (Phi) is 4.71. The lowest BCUT2D eigenvalue weighted by Crippen LogP contribution is -2.13. The van der Waals surface area contributed by atoms with Gasteiger partial charge in [0.15, 0.2) is 5.58 Å². The number of hydrogen-bond acceptors (Lipinski definition) is 4. The number of oxazole rings is 1. The molecule has 0 aliphatic heterocycles. The van der Waals surface area contributed by atoms with Crippen molar-refractivity contribution in [3.8, 4) is 0 Å². The molecule has 0 aliphatic rings. The van der Waals surface area contributed by atoms with Crippen LogP contribution in [0.3, 0.4) is 0 Å². The minimum atomic E-state index is -0.122. The molecule has 0 saturated carbocycles. The lowest BCUT2D eigenvalue weighted by atomic mass is 10.3. The van der Waals surface area contributed by atoms with Crippen LogP contribution in [0.4, 0.5) is 5.69 Å². The SMILES string of the molecule is O=C(CSc1nc2ccc(Cl)cc2o1)Nc1cccc(Br)c1. The van der Waals surface area contributed by atoms with Crippen LogP contribution in [-0.2, 0) is 4.79 Å². The van der Waals surface area contributed by atoms with Crippen LogP contribution in [0.2, 0.25) is 5.02 Å². The minimum absolute atomic E-state index is 0.122. The van der Waals surface area contributed by atoms with Crippen molar-refractivity contribution in [2.45, 2.75) is 5.22 Å². The van der Waals surface area contributed by atoms with Gasteiger partial charge in [0.25, 0.3) is 5.22 Å². The van der Waals surface area contributed by atoms with Crippen LogP contribution in [0, 0.1) is 0 Å². The van der Waals surface area contributed by atoms with Gasteiger partial charge in [-0.15, -0.1) is 0 Å². The van der Waals surface area contributed by atoms with Gasteiger partial charge in [0.05, 0.1) is 5.75 Å². The van der Waals surface area contributed by atoms with Gasteiger partial charge < -0.3 is 9.73 Å². The molecule has 0 atom stereocenters. The molecule has 4 nitrogen and oxygen atoms in total. The molecule has 1 heterocycles. The zero-order valence-electron chi connectivity index (χ0n) is 11.2. The average Bonchev–Trinajstić information content (AvgIpc) is 2.87. The van der Waals surface area contributed by atoms with Gasteiger partial charge in [-0.25, -0.2) is 4.98 Å². The molecule has 0 unspecified atom stereocenters. The first-order chi connectivity index (χ1) is 10.6. The first kappa shape index (κ1) is 15.4. The molecule has 1 amide bonds. The summed E-state index contributed by atoms with van der Waals surface area (Å²) in [5.74, 6) is 0.0935. The van der Waals surface area contributed by atoms with Crippen molar-refractivity contribution < 1.29 is 9.21 Å². The van der Waals surface area contributed by atoms with Crippen LogP contribution < -0.4 is 5.32 Å². The van der Waals surface area contributed by atoms with E-state index in [1.165, 1.54) is 11.8 Å². The van der Waals surface area contributed by atoms with E-state index in [1.807, 2.05) is 24.3 Å². The molecule has 1 aromatic heterocycles. The monoisotopic (exact) mass is 396 g/mol. The molecule has 3 rings (SSSR count). The number of nitrogens with zero attached hydrogens (tertiary/aromatic N) is 1. The van der Waals surface area contributed by atoms with Crippen molar-refractivity contribution in [3.05, 3.63) is 52.0 Å². The van der Waals surface area contributed by atoms with Crippen LogP contribution in [0.5, 0.6) is 0 Å². The number of rotatable bonds is 4. The van der Waals surface area contributed by atoms with Crippen molar-refractivity contribution >= 4 is 62.0 Å². The molecule has 0 fully saturated rings. The highest BCUT2D eigenvalue weighted by molar-refractivity contribution is 9.10. The molecular weight excluding hydrogens is 388 g/mol. The molecule has 22 heavy (non-hydrogen) atoms. The maximum atomic E-state index is 11.9. The number of hydrogen-bond donors (Lipinski definition) is 1. The van der Waals surface area contributed by atoms with E-state index in [9.17, 15) is 4.79 Å². The van der Waals surface area contributed by atoms with E-state index in [4.69, 9.17) is 16.0 Å². The summed E-state index contributed by atoms with van der Waals surface area (Å²) >= 11 is 10.5. The molecule has 0 saturated heterocycles. The third-order valence-corrected chi connectivity index (χ3v) is 4.32.